The fourth-order valence-electron chi connectivity index (χ4n) is 1.08. The Morgan fingerprint density at radius 3 is 2.93 bits per heavy atom. The summed E-state index contributed by atoms with van der Waals surface area (Å²) in [5.41, 5.74) is 0.650. The molecule has 0 bridgehead atoms. The molecular formula is C10H12BrClFN. The Labute approximate surface area is 96.8 Å². The van der Waals surface area contributed by atoms with Gasteiger partial charge in [-0.25, -0.2) is 4.39 Å². The van der Waals surface area contributed by atoms with Gasteiger partial charge in [0.1, 0.15) is 5.82 Å². The molecule has 1 aromatic rings. The molecule has 0 amide bonds. The van der Waals surface area contributed by atoms with Crippen molar-refractivity contribution in [3.05, 3.63) is 34.1 Å². The minimum atomic E-state index is -0.192. The van der Waals surface area contributed by atoms with Crippen LogP contribution in [0.2, 0.25) is 0 Å². The van der Waals surface area contributed by atoms with Gasteiger partial charge in [-0.15, -0.1) is 11.6 Å². The maximum atomic E-state index is 13.2. The zero-order chi connectivity index (χ0) is 10.6. The van der Waals surface area contributed by atoms with Gasteiger partial charge in [0.05, 0.1) is 0 Å². The first kappa shape index (κ1) is 12.0. The number of halogens is 3. The van der Waals surface area contributed by atoms with E-state index in [1.165, 1.54) is 6.07 Å². The van der Waals surface area contributed by atoms with Crippen molar-refractivity contribution < 1.29 is 4.39 Å². The first-order valence-corrected chi connectivity index (χ1v) is 5.61. The summed E-state index contributed by atoms with van der Waals surface area (Å²) < 4.78 is 14.1. The van der Waals surface area contributed by atoms with Gasteiger partial charge in [0.15, 0.2) is 0 Å². The van der Waals surface area contributed by atoms with Crippen molar-refractivity contribution in [3.63, 3.8) is 0 Å². The SMILES string of the molecule is CC(Cl)CNCc1cc(Br)ccc1F. The van der Waals surface area contributed by atoms with Crippen LogP contribution in [0.3, 0.4) is 0 Å². The van der Waals surface area contributed by atoms with Crippen LogP contribution in [-0.4, -0.2) is 11.9 Å². The highest BCUT2D eigenvalue weighted by Crippen LogP contribution is 2.15. The Kier molecular flexibility index (Phi) is 4.85. The van der Waals surface area contributed by atoms with E-state index in [1.807, 2.05) is 6.92 Å². The second-order valence-electron chi connectivity index (χ2n) is 3.15. The molecule has 1 unspecified atom stereocenters. The first-order valence-electron chi connectivity index (χ1n) is 4.38. The van der Waals surface area contributed by atoms with Crippen LogP contribution in [0.4, 0.5) is 4.39 Å². The first-order chi connectivity index (χ1) is 6.59. The highest BCUT2D eigenvalue weighted by Gasteiger charge is 2.02. The van der Waals surface area contributed by atoms with Crippen LogP contribution in [0.25, 0.3) is 0 Å². The van der Waals surface area contributed by atoms with Gasteiger partial charge >= 0.3 is 0 Å². The van der Waals surface area contributed by atoms with E-state index >= 15 is 0 Å². The number of hydrogen-bond donors (Lipinski definition) is 1. The number of nitrogens with one attached hydrogen (secondary N) is 1. The maximum absolute atomic E-state index is 13.2. The number of alkyl halides is 1. The largest absolute Gasteiger partial charge is 0.311 e. The third-order valence-electron chi connectivity index (χ3n) is 1.75. The summed E-state index contributed by atoms with van der Waals surface area (Å²) in [5.74, 6) is -0.192. The van der Waals surface area contributed by atoms with E-state index in [-0.39, 0.29) is 11.2 Å². The molecule has 14 heavy (non-hydrogen) atoms. The number of rotatable bonds is 4. The quantitative estimate of drug-likeness (QED) is 0.835. The molecule has 0 fully saturated rings. The van der Waals surface area contributed by atoms with Gasteiger partial charge in [-0.3, -0.25) is 0 Å². The lowest BCUT2D eigenvalue weighted by molar-refractivity contribution is 0.587. The van der Waals surface area contributed by atoms with Crippen LogP contribution >= 0.6 is 27.5 Å². The van der Waals surface area contributed by atoms with Gasteiger partial charge < -0.3 is 5.32 Å². The Hall–Kier alpha value is -0.120. The molecule has 4 heteroatoms. The van der Waals surface area contributed by atoms with Gasteiger partial charge in [-0.05, 0) is 25.1 Å². The van der Waals surface area contributed by atoms with Crippen LogP contribution in [0.5, 0.6) is 0 Å². The standard InChI is InChI=1S/C10H12BrClFN/c1-7(12)5-14-6-8-4-9(11)2-3-10(8)13/h2-4,7,14H,5-6H2,1H3. The van der Waals surface area contributed by atoms with Crippen molar-refractivity contribution in [1.82, 2.24) is 5.32 Å². The Balaban J connectivity index is 2.53. The van der Waals surface area contributed by atoms with Crippen LogP contribution in [0.15, 0.2) is 22.7 Å². The molecule has 0 aromatic heterocycles. The van der Waals surface area contributed by atoms with E-state index in [2.05, 4.69) is 21.2 Å². The minimum absolute atomic E-state index is 0.0604. The average Bonchev–Trinajstić information content (AvgIpc) is 2.10. The zero-order valence-electron chi connectivity index (χ0n) is 7.86. The summed E-state index contributed by atoms with van der Waals surface area (Å²) in [6, 6.07) is 4.90. The molecule has 0 aliphatic carbocycles. The van der Waals surface area contributed by atoms with Crippen LogP contribution in [0.1, 0.15) is 12.5 Å². The summed E-state index contributed by atoms with van der Waals surface area (Å²) in [6.07, 6.45) is 0. The molecule has 0 saturated carbocycles. The van der Waals surface area contributed by atoms with Crippen molar-refractivity contribution in [2.24, 2.45) is 0 Å². The van der Waals surface area contributed by atoms with E-state index in [1.54, 1.807) is 12.1 Å². The van der Waals surface area contributed by atoms with E-state index in [0.717, 1.165) is 4.47 Å². The molecule has 1 aromatic carbocycles. The van der Waals surface area contributed by atoms with Gasteiger partial charge in [-0.1, -0.05) is 15.9 Å². The fraction of sp³-hybridized carbons (Fsp3) is 0.400. The smallest absolute Gasteiger partial charge is 0.127 e. The minimum Gasteiger partial charge on any atom is -0.311 e. The Morgan fingerprint density at radius 2 is 2.29 bits per heavy atom. The van der Waals surface area contributed by atoms with Gasteiger partial charge in [0, 0.05) is 28.5 Å². The predicted octanol–water partition coefficient (Wildman–Crippen LogP) is 3.31. The molecule has 1 nitrogen and oxygen atoms in total. The molecular weight excluding hydrogens is 268 g/mol. The normalized spacial score (nSPS) is 12.9. The molecule has 0 aliphatic rings. The monoisotopic (exact) mass is 279 g/mol. The fourth-order valence-corrected chi connectivity index (χ4v) is 1.60. The summed E-state index contributed by atoms with van der Waals surface area (Å²) in [6.45, 7) is 3.07. The van der Waals surface area contributed by atoms with Crippen LogP contribution in [0, 0.1) is 5.82 Å². The van der Waals surface area contributed by atoms with Crippen molar-refractivity contribution in [2.45, 2.75) is 18.8 Å². The van der Waals surface area contributed by atoms with Gasteiger partial charge in [0.2, 0.25) is 0 Å². The molecule has 0 radical (unpaired) electrons. The van der Waals surface area contributed by atoms with Gasteiger partial charge in [0.25, 0.3) is 0 Å². The average molecular weight is 281 g/mol. The zero-order valence-corrected chi connectivity index (χ0v) is 10.2. The van der Waals surface area contributed by atoms with E-state index < -0.39 is 0 Å². The van der Waals surface area contributed by atoms with E-state index in [9.17, 15) is 4.39 Å². The lowest BCUT2D eigenvalue weighted by Gasteiger charge is -2.07. The van der Waals surface area contributed by atoms with Crippen molar-refractivity contribution in [3.8, 4) is 0 Å². The Morgan fingerprint density at radius 1 is 1.57 bits per heavy atom. The summed E-state index contributed by atoms with van der Waals surface area (Å²) >= 11 is 9.05. The molecule has 0 aliphatic heterocycles. The molecule has 1 rings (SSSR count). The highest BCUT2D eigenvalue weighted by atomic mass is 79.9. The number of hydrogen-bond acceptors (Lipinski definition) is 1. The predicted molar refractivity (Wildman–Crippen MR) is 61.1 cm³/mol. The third-order valence-corrected chi connectivity index (χ3v) is 2.40. The summed E-state index contributed by atoms with van der Waals surface area (Å²) in [4.78, 5) is 0. The number of benzene rings is 1. The lowest BCUT2D eigenvalue weighted by Crippen LogP contribution is -2.21. The molecule has 0 heterocycles. The second-order valence-corrected chi connectivity index (χ2v) is 4.81. The summed E-state index contributed by atoms with van der Waals surface area (Å²) in [5, 5.41) is 3.14. The van der Waals surface area contributed by atoms with Gasteiger partial charge in [-0.2, -0.15) is 0 Å². The second kappa shape index (κ2) is 5.69. The molecule has 0 spiro atoms. The van der Waals surface area contributed by atoms with E-state index in [0.29, 0.717) is 18.7 Å². The molecule has 1 atom stereocenters. The van der Waals surface area contributed by atoms with Crippen molar-refractivity contribution in [2.75, 3.05) is 6.54 Å². The summed E-state index contributed by atoms with van der Waals surface area (Å²) in [7, 11) is 0. The van der Waals surface area contributed by atoms with Crippen LogP contribution in [-0.2, 0) is 6.54 Å². The molecule has 1 N–H and O–H groups in total. The van der Waals surface area contributed by atoms with Crippen molar-refractivity contribution in [1.29, 1.82) is 0 Å². The Bertz CT molecular complexity index is 304. The third kappa shape index (κ3) is 3.95. The molecule has 78 valence electrons. The molecule has 0 saturated heterocycles. The van der Waals surface area contributed by atoms with E-state index in [4.69, 9.17) is 11.6 Å². The lowest BCUT2D eigenvalue weighted by atomic mass is 10.2. The maximum Gasteiger partial charge on any atom is 0.127 e. The van der Waals surface area contributed by atoms with Crippen LogP contribution < -0.4 is 5.32 Å². The van der Waals surface area contributed by atoms with Crippen molar-refractivity contribution >= 4 is 27.5 Å². The topological polar surface area (TPSA) is 12.0 Å². The highest BCUT2D eigenvalue weighted by molar-refractivity contribution is 9.10.